The Balaban J connectivity index is 1.42. The normalized spacial score (nSPS) is 19.8. The molecule has 5 rings (SSSR count). The molecule has 7 nitrogen and oxygen atoms in total. The van der Waals surface area contributed by atoms with E-state index in [-0.39, 0.29) is 24.0 Å². The maximum atomic E-state index is 13.8. The molecular formula is C25H32N4O3S. The number of aromatic nitrogens is 2. The molecule has 0 atom stereocenters. The van der Waals surface area contributed by atoms with Crippen LogP contribution in [0.4, 0.5) is 0 Å². The predicted octanol–water partition coefficient (Wildman–Crippen LogP) is 2.47. The number of hydrogen-bond donors (Lipinski definition) is 1. The number of benzene rings is 1. The Hall–Kier alpha value is -2.16. The molecule has 33 heavy (non-hydrogen) atoms. The number of β-amino-alcohol motifs (C(OH)–C–C–N with tert-alkyl or cyclic N) is 1. The van der Waals surface area contributed by atoms with Gasteiger partial charge >= 0.3 is 0 Å². The Morgan fingerprint density at radius 1 is 1.12 bits per heavy atom. The highest BCUT2D eigenvalue weighted by Crippen LogP contribution is 2.34. The van der Waals surface area contributed by atoms with E-state index >= 15 is 0 Å². The summed E-state index contributed by atoms with van der Waals surface area (Å²) in [6, 6.07) is 9.75. The second-order valence-electron chi connectivity index (χ2n) is 9.36. The van der Waals surface area contributed by atoms with Crippen LogP contribution >= 0.6 is 11.8 Å². The molecule has 0 radical (unpaired) electrons. The van der Waals surface area contributed by atoms with Crippen molar-refractivity contribution >= 4 is 17.7 Å². The lowest BCUT2D eigenvalue weighted by Crippen LogP contribution is -2.56. The maximum Gasteiger partial charge on any atom is 0.264 e. The fourth-order valence-corrected chi connectivity index (χ4v) is 6.49. The lowest BCUT2D eigenvalue weighted by Gasteiger charge is -2.41. The number of likely N-dealkylation sites (tertiary alicyclic amines) is 1. The molecular weight excluding hydrogens is 436 g/mol. The molecule has 1 aromatic carbocycles. The van der Waals surface area contributed by atoms with Gasteiger partial charge in [-0.25, -0.2) is 4.98 Å². The van der Waals surface area contributed by atoms with Crippen molar-refractivity contribution in [2.45, 2.75) is 55.5 Å². The summed E-state index contributed by atoms with van der Waals surface area (Å²) in [6.07, 6.45) is 6.74. The van der Waals surface area contributed by atoms with Crippen LogP contribution in [-0.4, -0.2) is 68.4 Å². The van der Waals surface area contributed by atoms with Crippen molar-refractivity contribution in [3.63, 3.8) is 0 Å². The predicted molar refractivity (Wildman–Crippen MR) is 129 cm³/mol. The summed E-state index contributed by atoms with van der Waals surface area (Å²) in [6.45, 7) is 3.04. The molecule has 1 aliphatic carbocycles. The third-order valence-electron chi connectivity index (χ3n) is 7.07. The van der Waals surface area contributed by atoms with E-state index in [1.54, 1.807) is 16.3 Å². The van der Waals surface area contributed by atoms with Gasteiger partial charge < -0.3 is 10.0 Å². The highest BCUT2D eigenvalue weighted by molar-refractivity contribution is 7.99. The Bertz CT molecular complexity index is 1050. The first kappa shape index (κ1) is 22.6. The summed E-state index contributed by atoms with van der Waals surface area (Å²) in [4.78, 5) is 35.7. The number of amides is 1. The van der Waals surface area contributed by atoms with Crippen molar-refractivity contribution in [1.29, 1.82) is 0 Å². The monoisotopic (exact) mass is 468 g/mol. The second-order valence-corrected chi connectivity index (χ2v) is 10.6. The third-order valence-corrected chi connectivity index (χ3v) is 8.36. The first-order chi connectivity index (χ1) is 16.1. The molecule has 1 amide bonds. The maximum absolute atomic E-state index is 13.8. The molecule has 2 fully saturated rings. The Morgan fingerprint density at radius 3 is 2.61 bits per heavy atom. The summed E-state index contributed by atoms with van der Waals surface area (Å²) in [5.41, 5.74) is 2.29. The highest BCUT2D eigenvalue weighted by atomic mass is 32.2. The quantitative estimate of drug-likeness (QED) is 0.657. The van der Waals surface area contributed by atoms with Crippen LogP contribution < -0.4 is 5.56 Å². The van der Waals surface area contributed by atoms with Gasteiger partial charge in [0, 0.05) is 37.8 Å². The van der Waals surface area contributed by atoms with Crippen LogP contribution in [0.25, 0.3) is 5.69 Å². The van der Waals surface area contributed by atoms with E-state index in [1.165, 1.54) is 32.1 Å². The largest absolute Gasteiger partial charge is 0.395 e. The molecule has 1 saturated carbocycles. The van der Waals surface area contributed by atoms with E-state index in [4.69, 9.17) is 10.1 Å². The third kappa shape index (κ3) is 4.74. The Labute approximate surface area is 198 Å². The van der Waals surface area contributed by atoms with Gasteiger partial charge in [0.1, 0.15) is 0 Å². The molecule has 0 spiro atoms. The van der Waals surface area contributed by atoms with Crippen molar-refractivity contribution in [2.75, 3.05) is 32.8 Å². The average molecular weight is 469 g/mol. The fraction of sp³-hybridized carbons (Fsp3) is 0.560. The van der Waals surface area contributed by atoms with Crippen molar-refractivity contribution < 1.29 is 9.90 Å². The van der Waals surface area contributed by atoms with Gasteiger partial charge in [0.25, 0.3) is 5.56 Å². The molecule has 2 aromatic rings. The van der Waals surface area contributed by atoms with Crippen LogP contribution in [0.1, 0.15) is 43.4 Å². The first-order valence-electron chi connectivity index (χ1n) is 12.1. The summed E-state index contributed by atoms with van der Waals surface area (Å²) in [5, 5.41) is 10.4. The molecule has 0 bridgehead atoms. The Morgan fingerprint density at radius 2 is 1.88 bits per heavy atom. The van der Waals surface area contributed by atoms with Gasteiger partial charge in [-0.15, -0.1) is 0 Å². The van der Waals surface area contributed by atoms with Gasteiger partial charge in [-0.2, -0.15) is 0 Å². The van der Waals surface area contributed by atoms with Crippen LogP contribution in [-0.2, 0) is 17.8 Å². The lowest BCUT2D eigenvalue weighted by molar-refractivity contribution is -0.142. The van der Waals surface area contributed by atoms with E-state index in [1.807, 2.05) is 35.2 Å². The first-order valence-corrected chi connectivity index (χ1v) is 13.0. The smallest absolute Gasteiger partial charge is 0.264 e. The van der Waals surface area contributed by atoms with E-state index in [0.717, 1.165) is 16.5 Å². The number of nitrogens with zero attached hydrogens (tertiary/aromatic N) is 4. The number of fused-ring (bicyclic) bond motifs is 1. The minimum Gasteiger partial charge on any atom is -0.395 e. The standard InChI is InChI=1S/C25H32N4O3S/c30-14-13-27-15-18(16-27)23(31)28-12-11-22-21(17-28)24(32)29(19-7-3-1-4-8-19)25(26-22)33-20-9-5-2-6-10-20/h1,3-4,7-8,18,20,30H,2,5-6,9-17H2. The van der Waals surface area contributed by atoms with Crippen molar-refractivity contribution in [3.8, 4) is 5.69 Å². The van der Waals surface area contributed by atoms with Crippen molar-refractivity contribution in [3.05, 3.63) is 51.9 Å². The van der Waals surface area contributed by atoms with Crippen LogP contribution in [0.15, 0.2) is 40.3 Å². The molecule has 176 valence electrons. The summed E-state index contributed by atoms with van der Waals surface area (Å²) >= 11 is 1.75. The van der Waals surface area contributed by atoms with Gasteiger partial charge in [0.15, 0.2) is 5.16 Å². The van der Waals surface area contributed by atoms with Gasteiger partial charge in [-0.05, 0) is 25.0 Å². The molecule has 0 unspecified atom stereocenters. The van der Waals surface area contributed by atoms with Crippen LogP contribution in [0.5, 0.6) is 0 Å². The number of thioether (sulfide) groups is 1. The molecule has 1 aromatic heterocycles. The summed E-state index contributed by atoms with van der Waals surface area (Å²) in [7, 11) is 0. The van der Waals surface area contributed by atoms with Gasteiger partial charge in [-0.1, -0.05) is 49.2 Å². The van der Waals surface area contributed by atoms with Crippen LogP contribution in [0.2, 0.25) is 0 Å². The lowest BCUT2D eigenvalue weighted by atomic mass is 9.96. The SMILES string of the molecule is O=C(C1CN(CCO)C1)N1CCc2nc(SC3CCCCC3)n(-c3ccccc3)c(=O)c2C1. The number of aliphatic hydroxyl groups is 1. The van der Waals surface area contributed by atoms with E-state index in [0.29, 0.717) is 50.0 Å². The number of carbonyl (C=O) groups excluding carboxylic acids is 1. The van der Waals surface area contributed by atoms with Crippen LogP contribution in [0, 0.1) is 5.92 Å². The van der Waals surface area contributed by atoms with Gasteiger partial charge in [0.2, 0.25) is 5.91 Å². The number of para-hydroxylation sites is 1. The van der Waals surface area contributed by atoms with Crippen molar-refractivity contribution in [2.24, 2.45) is 5.92 Å². The fourth-order valence-electron chi connectivity index (χ4n) is 5.17. The zero-order valence-corrected chi connectivity index (χ0v) is 19.8. The van der Waals surface area contributed by atoms with E-state index in [2.05, 4.69) is 4.90 Å². The number of aliphatic hydroxyl groups excluding tert-OH is 1. The zero-order chi connectivity index (χ0) is 22.8. The second kappa shape index (κ2) is 9.99. The molecule has 3 heterocycles. The molecule has 1 N–H and O–H groups in total. The average Bonchev–Trinajstić information content (AvgIpc) is 2.82. The Kier molecular flexibility index (Phi) is 6.85. The molecule has 3 aliphatic rings. The van der Waals surface area contributed by atoms with Gasteiger partial charge in [-0.3, -0.25) is 19.1 Å². The van der Waals surface area contributed by atoms with Crippen molar-refractivity contribution in [1.82, 2.24) is 19.4 Å². The summed E-state index contributed by atoms with van der Waals surface area (Å²) in [5.74, 6) is 0.0738. The molecule has 1 saturated heterocycles. The van der Waals surface area contributed by atoms with Gasteiger partial charge in [0.05, 0.1) is 36.0 Å². The number of hydrogen-bond acceptors (Lipinski definition) is 6. The topological polar surface area (TPSA) is 78.7 Å². The number of carbonyl (C=O) groups is 1. The minimum atomic E-state index is -0.0440. The van der Waals surface area contributed by atoms with E-state index in [9.17, 15) is 9.59 Å². The van der Waals surface area contributed by atoms with Crippen LogP contribution in [0.3, 0.4) is 0 Å². The minimum absolute atomic E-state index is 0.0384. The highest BCUT2D eigenvalue weighted by Gasteiger charge is 2.37. The van der Waals surface area contributed by atoms with E-state index < -0.39 is 0 Å². The zero-order valence-electron chi connectivity index (χ0n) is 19.0. The molecule has 2 aliphatic heterocycles. The summed E-state index contributed by atoms with van der Waals surface area (Å²) < 4.78 is 1.76. The molecule has 8 heteroatoms. The number of rotatable bonds is 6.